The Hall–Kier alpha value is -2.36. The zero-order chi connectivity index (χ0) is 15.4. The van der Waals surface area contributed by atoms with E-state index in [1.807, 2.05) is 0 Å². The summed E-state index contributed by atoms with van der Waals surface area (Å²) in [4.78, 5) is 23.2. The highest BCUT2D eigenvalue weighted by Crippen LogP contribution is 2.37. The van der Waals surface area contributed by atoms with E-state index in [1.54, 1.807) is 0 Å². The molecule has 112 valence electrons. The van der Waals surface area contributed by atoms with Gasteiger partial charge in [-0.1, -0.05) is 0 Å². The predicted octanol–water partition coefficient (Wildman–Crippen LogP) is -0.00440. The number of nitrogens with zero attached hydrogens (tertiary/aromatic N) is 2. The van der Waals surface area contributed by atoms with Crippen LogP contribution in [0.1, 0.15) is 0 Å². The van der Waals surface area contributed by atoms with Crippen molar-refractivity contribution in [2.75, 3.05) is 16.4 Å². The summed E-state index contributed by atoms with van der Waals surface area (Å²) in [6, 6.07) is 1.46. The molecule has 1 aromatic carbocycles. The number of aromatic hydroxyl groups is 1. The van der Waals surface area contributed by atoms with Crippen molar-refractivity contribution in [2.45, 2.75) is 12.1 Å². The highest BCUT2D eigenvalue weighted by molar-refractivity contribution is 7.91. The van der Waals surface area contributed by atoms with Gasteiger partial charge < -0.3 is 10.4 Å². The monoisotopic (exact) mass is 313 g/mol. The Morgan fingerprint density at radius 3 is 2.76 bits per heavy atom. The molecule has 2 atom stereocenters. The summed E-state index contributed by atoms with van der Waals surface area (Å²) in [6.45, 7) is 0. The molecule has 0 aliphatic carbocycles. The summed E-state index contributed by atoms with van der Waals surface area (Å²) >= 11 is 0. The predicted molar refractivity (Wildman–Crippen MR) is 72.0 cm³/mol. The van der Waals surface area contributed by atoms with E-state index in [2.05, 4.69) is 5.32 Å². The van der Waals surface area contributed by atoms with E-state index in [1.165, 1.54) is 0 Å². The first-order valence-corrected chi connectivity index (χ1v) is 7.88. The van der Waals surface area contributed by atoms with Crippen LogP contribution in [0.15, 0.2) is 18.2 Å². The van der Waals surface area contributed by atoms with Crippen LogP contribution in [-0.4, -0.2) is 48.1 Å². The van der Waals surface area contributed by atoms with Gasteiger partial charge in [-0.3, -0.25) is 15.0 Å². The van der Waals surface area contributed by atoms with Crippen LogP contribution >= 0.6 is 0 Å². The molecular weight excluding hydrogens is 302 g/mol. The number of sulfone groups is 1. The normalized spacial score (nSPS) is 26.5. The SMILES string of the molecule is O=C1N[C@H]2CS(=O)(=O)C[C@@H]2N1c1cc([N+](=O)[O-])ccc1O. The topological polar surface area (TPSA) is 130 Å². The van der Waals surface area contributed by atoms with Gasteiger partial charge in [-0.2, -0.15) is 0 Å². The molecule has 0 saturated carbocycles. The Morgan fingerprint density at radius 1 is 1.38 bits per heavy atom. The van der Waals surface area contributed by atoms with E-state index in [0.717, 1.165) is 23.1 Å². The molecule has 0 bridgehead atoms. The second-order valence-electron chi connectivity index (χ2n) is 5.00. The Morgan fingerprint density at radius 2 is 2.10 bits per heavy atom. The lowest BCUT2D eigenvalue weighted by Gasteiger charge is -2.21. The molecule has 0 unspecified atom stereocenters. The summed E-state index contributed by atoms with van der Waals surface area (Å²) in [6.07, 6.45) is 0. The molecular formula is C11H11N3O6S. The number of anilines is 1. The van der Waals surface area contributed by atoms with Crippen molar-refractivity contribution in [3.05, 3.63) is 28.3 Å². The minimum absolute atomic E-state index is 0.0636. The lowest BCUT2D eigenvalue weighted by molar-refractivity contribution is -0.384. The highest BCUT2D eigenvalue weighted by atomic mass is 32.2. The van der Waals surface area contributed by atoms with E-state index >= 15 is 0 Å². The number of benzene rings is 1. The maximum Gasteiger partial charge on any atom is 0.322 e. The average Bonchev–Trinajstić information content (AvgIpc) is 2.80. The van der Waals surface area contributed by atoms with Gasteiger partial charge in [0.2, 0.25) is 0 Å². The van der Waals surface area contributed by atoms with E-state index in [4.69, 9.17) is 0 Å². The number of amides is 2. The summed E-state index contributed by atoms with van der Waals surface area (Å²) in [7, 11) is -3.28. The fourth-order valence-electron chi connectivity index (χ4n) is 2.71. The number of nitro benzene ring substituents is 1. The zero-order valence-corrected chi connectivity index (χ0v) is 11.4. The van der Waals surface area contributed by atoms with E-state index in [0.29, 0.717) is 0 Å². The molecule has 0 radical (unpaired) electrons. The molecule has 2 fully saturated rings. The lowest BCUT2D eigenvalue weighted by Crippen LogP contribution is -2.37. The van der Waals surface area contributed by atoms with E-state index in [9.17, 15) is 28.4 Å². The van der Waals surface area contributed by atoms with Gasteiger partial charge >= 0.3 is 6.03 Å². The van der Waals surface area contributed by atoms with Gasteiger partial charge in [0.25, 0.3) is 5.69 Å². The van der Waals surface area contributed by atoms with Crippen LogP contribution in [0, 0.1) is 10.1 Å². The van der Waals surface area contributed by atoms with Crippen LogP contribution in [0.2, 0.25) is 0 Å². The van der Waals surface area contributed by atoms with Gasteiger partial charge in [0, 0.05) is 12.1 Å². The number of phenolic OH excluding ortho intramolecular Hbond substituents is 1. The number of non-ortho nitro benzene ring substituents is 1. The number of nitrogens with one attached hydrogen (secondary N) is 1. The first-order valence-electron chi connectivity index (χ1n) is 6.06. The molecule has 0 aromatic heterocycles. The van der Waals surface area contributed by atoms with Crippen molar-refractivity contribution in [2.24, 2.45) is 0 Å². The molecule has 2 saturated heterocycles. The van der Waals surface area contributed by atoms with Crippen molar-refractivity contribution in [3.63, 3.8) is 0 Å². The van der Waals surface area contributed by atoms with Crippen LogP contribution in [0.25, 0.3) is 0 Å². The Kier molecular flexibility index (Phi) is 2.80. The number of carbonyl (C=O) groups is 1. The Balaban J connectivity index is 2.05. The minimum atomic E-state index is -3.28. The molecule has 1 aromatic rings. The third kappa shape index (κ3) is 2.17. The van der Waals surface area contributed by atoms with Gasteiger partial charge in [-0.15, -0.1) is 0 Å². The third-order valence-electron chi connectivity index (χ3n) is 3.61. The van der Waals surface area contributed by atoms with Crippen molar-refractivity contribution in [3.8, 4) is 5.75 Å². The Labute approximate surface area is 119 Å². The number of phenols is 1. The smallest absolute Gasteiger partial charge is 0.322 e. The molecule has 2 amide bonds. The number of carbonyl (C=O) groups excluding carboxylic acids is 1. The number of rotatable bonds is 2. The zero-order valence-electron chi connectivity index (χ0n) is 10.6. The third-order valence-corrected chi connectivity index (χ3v) is 5.33. The summed E-state index contributed by atoms with van der Waals surface area (Å²) < 4.78 is 23.3. The van der Waals surface area contributed by atoms with Crippen LogP contribution < -0.4 is 10.2 Å². The second kappa shape index (κ2) is 4.32. The van der Waals surface area contributed by atoms with Gasteiger partial charge in [-0.25, -0.2) is 13.2 Å². The molecule has 10 heteroatoms. The van der Waals surface area contributed by atoms with Crippen molar-refractivity contribution < 1.29 is 23.2 Å². The van der Waals surface area contributed by atoms with Gasteiger partial charge in [0.1, 0.15) is 5.75 Å². The molecule has 0 spiro atoms. The molecule has 21 heavy (non-hydrogen) atoms. The molecule has 9 nitrogen and oxygen atoms in total. The van der Waals surface area contributed by atoms with Crippen LogP contribution in [0.5, 0.6) is 5.75 Å². The lowest BCUT2D eigenvalue weighted by atomic mass is 10.1. The molecule has 2 N–H and O–H groups in total. The second-order valence-corrected chi connectivity index (χ2v) is 7.15. The van der Waals surface area contributed by atoms with E-state index < -0.39 is 32.9 Å². The van der Waals surface area contributed by atoms with Crippen molar-refractivity contribution in [1.82, 2.24) is 5.32 Å². The molecule has 3 rings (SSSR count). The number of urea groups is 1. The molecule has 2 aliphatic heterocycles. The van der Waals surface area contributed by atoms with Crippen LogP contribution in [0.3, 0.4) is 0 Å². The standard InChI is InChI=1S/C11H11N3O6S/c15-10-2-1-6(14(17)18)3-8(10)13-9-5-21(19,20)4-7(9)12-11(13)16/h1-3,7,9,15H,4-5H2,(H,12,16)/t7-,9-/m0/s1. The van der Waals surface area contributed by atoms with Crippen molar-refractivity contribution >= 4 is 27.2 Å². The Bertz CT molecular complexity index is 746. The summed E-state index contributed by atoms with van der Waals surface area (Å²) in [5.41, 5.74) is -0.355. The number of nitro groups is 1. The fourth-order valence-corrected chi connectivity index (χ4v) is 4.60. The highest BCUT2D eigenvalue weighted by Gasteiger charge is 2.50. The quantitative estimate of drug-likeness (QED) is 0.449. The number of hydrogen-bond donors (Lipinski definition) is 2. The van der Waals surface area contributed by atoms with Gasteiger partial charge in [0.05, 0.1) is 34.2 Å². The molecule has 2 aliphatic rings. The number of fused-ring (bicyclic) bond motifs is 1. The fraction of sp³-hybridized carbons (Fsp3) is 0.364. The van der Waals surface area contributed by atoms with Crippen LogP contribution in [-0.2, 0) is 9.84 Å². The molecule has 2 heterocycles. The maximum absolute atomic E-state index is 12.0. The first-order chi connectivity index (χ1) is 9.78. The summed E-state index contributed by atoms with van der Waals surface area (Å²) in [5.74, 6) is -0.727. The van der Waals surface area contributed by atoms with Crippen LogP contribution in [0.4, 0.5) is 16.2 Å². The average molecular weight is 313 g/mol. The van der Waals surface area contributed by atoms with Gasteiger partial charge in [0.15, 0.2) is 9.84 Å². The minimum Gasteiger partial charge on any atom is -0.506 e. The summed E-state index contributed by atoms with van der Waals surface area (Å²) in [5, 5.41) is 23.2. The van der Waals surface area contributed by atoms with Crippen molar-refractivity contribution in [1.29, 1.82) is 0 Å². The first kappa shape index (κ1) is 13.6. The largest absolute Gasteiger partial charge is 0.506 e. The maximum atomic E-state index is 12.0. The number of hydrogen-bond acceptors (Lipinski definition) is 6. The van der Waals surface area contributed by atoms with Gasteiger partial charge in [-0.05, 0) is 6.07 Å². The van der Waals surface area contributed by atoms with E-state index in [-0.39, 0.29) is 28.6 Å².